The van der Waals surface area contributed by atoms with E-state index in [2.05, 4.69) is 27.8 Å². The van der Waals surface area contributed by atoms with Gasteiger partial charge in [0, 0.05) is 26.6 Å². The zero-order valence-electron chi connectivity index (χ0n) is 15.4. The number of rotatable bonds is 7. The SMILES string of the molecule is CN=C(NCCc1ccc2c(c1)CCO2)NCCS(=O)(=O)c1ccccc1. The summed E-state index contributed by atoms with van der Waals surface area (Å²) in [6, 6.07) is 14.8. The Kier molecular flexibility index (Phi) is 6.34. The number of guanidine groups is 1. The van der Waals surface area contributed by atoms with Gasteiger partial charge in [-0.2, -0.15) is 0 Å². The molecule has 0 unspecified atom stereocenters. The van der Waals surface area contributed by atoms with E-state index in [1.165, 1.54) is 11.1 Å². The molecule has 7 heteroatoms. The summed E-state index contributed by atoms with van der Waals surface area (Å²) < 4.78 is 30.1. The van der Waals surface area contributed by atoms with Crippen LogP contribution >= 0.6 is 0 Å². The molecule has 0 bridgehead atoms. The number of hydrogen-bond acceptors (Lipinski definition) is 4. The lowest BCUT2D eigenvalue weighted by Gasteiger charge is -2.12. The highest BCUT2D eigenvalue weighted by molar-refractivity contribution is 7.91. The zero-order valence-corrected chi connectivity index (χ0v) is 16.3. The average molecular weight is 388 g/mol. The first-order valence-corrected chi connectivity index (χ1v) is 10.7. The molecular formula is C20H25N3O3S. The van der Waals surface area contributed by atoms with Crippen molar-refractivity contribution in [3.05, 3.63) is 59.7 Å². The van der Waals surface area contributed by atoms with Crippen LogP contribution in [-0.4, -0.2) is 46.9 Å². The third-order valence-electron chi connectivity index (χ3n) is 4.45. The van der Waals surface area contributed by atoms with Crippen LogP contribution < -0.4 is 15.4 Å². The molecule has 27 heavy (non-hydrogen) atoms. The number of hydrogen-bond donors (Lipinski definition) is 2. The van der Waals surface area contributed by atoms with Gasteiger partial charge in [-0.3, -0.25) is 4.99 Å². The van der Waals surface area contributed by atoms with Crippen molar-refractivity contribution in [1.29, 1.82) is 0 Å². The Hall–Kier alpha value is -2.54. The summed E-state index contributed by atoms with van der Waals surface area (Å²) in [7, 11) is -1.62. The topological polar surface area (TPSA) is 79.8 Å². The maximum absolute atomic E-state index is 12.3. The fraction of sp³-hybridized carbons (Fsp3) is 0.350. The predicted molar refractivity (Wildman–Crippen MR) is 107 cm³/mol. The predicted octanol–water partition coefficient (Wildman–Crippen LogP) is 1.80. The van der Waals surface area contributed by atoms with Crippen LogP contribution in [0, 0.1) is 0 Å². The van der Waals surface area contributed by atoms with E-state index in [4.69, 9.17) is 4.74 Å². The number of ether oxygens (including phenoxy) is 1. The molecular weight excluding hydrogens is 362 g/mol. The molecule has 0 atom stereocenters. The molecule has 144 valence electrons. The van der Waals surface area contributed by atoms with Gasteiger partial charge in [0.2, 0.25) is 0 Å². The van der Waals surface area contributed by atoms with Gasteiger partial charge >= 0.3 is 0 Å². The standard InChI is InChI=1S/C20H25N3O3S/c1-21-20(23-12-14-27(24,25)18-5-3-2-4-6-18)22-11-9-16-7-8-19-17(15-16)10-13-26-19/h2-8,15H,9-14H2,1H3,(H2,21,22,23). The van der Waals surface area contributed by atoms with Crippen molar-refractivity contribution < 1.29 is 13.2 Å². The van der Waals surface area contributed by atoms with Crippen LogP contribution in [0.2, 0.25) is 0 Å². The molecule has 2 aromatic rings. The van der Waals surface area contributed by atoms with Gasteiger partial charge in [-0.1, -0.05) is 30.3 Å². The van der Waals surface area contributed by atoms with Crippen LogP contribution in [0.4, 0.5) is 0 Å². The lowest BCUT2D eigenvalue weighted by Crippen LogP contribution is -2.40. The van der Waals surface area contributed by atoms with Crippen molar-refractivity contribution in [3.63, 3.8) is 0 Å². The van der Waals surface area contributed by atoms with Crippen LogP contribution in [0.3, 0.4) is 0 Å². The molecule has 0 saturated carbocycles. The number of aliphatic imine (C=N–C) groups is 1. The number of nitrogens with zero attached hydrogens (tertiary/aromatic N) is 1. The Morgan fingerprint density at radius 2 is 1.89 bits per heavy atom. The van der Waals surface area contributed by atoms with Gasteiger partial charge in [0.05, 0.1) is 17.3 Å². The van der Waals surface area contributed by atoms with Crippen LogP contribution in [0.5, 0.6) is 5.75 Å². The largest absolute Gasteiger partial charge is 0.493 e. The van der Waals surface area contributed by atoms with Gasteiger partial charge in [-0.25, -0.2) is 8.42 Å². The van der Waals surface area contributed by atoms with E-state index in [9.17, 15) is 8.42 Å². The van der Waals surface area contributed by atoms with E-state index >= 15 is 0 Å². The Labute approximate surface area is 160 Å². The summed E-state index contributed by atoms with van der Waals surface area (Å²) in [5.41, 5.74) is 2.51. The third-order valence-corrected chi connectivity index (χ3v) is 6.18. The molecule has 0 amide bonds. The van der Waals surface area contributed by atoms with Crippen molar-refractivity contribution in [2.45, 2.75) is 17.7 Å². The number of fused-ring (bicyclic) bond motifs is 1. The Bertz CT molecular complexity index is 896. The second-order valence-electron chi connectivity index (χ2n) is 6.35. The third kappa shape index (κ3) is 5.23. The summed E-state index contributed by atoms with van der Waals surface area (Å²) in [6.07, 6.45) is 1.83. The van der Waals surface area contributed by atoms with Gasteiger partial charge in [0.15, 0.2) is 15.8 Å². The van der Waals surface area contributed by atoms with Crippen molar-refractivity contribution in [2.75, 3.05) is 32.5 Å². The van der Waals surface area contributed by atoms with Crippen molar-refractivity contribution >= 4 is 15.8 Å². The molecule has 0 spiro atoms. The van der Waals surface area contributed by atoms with Crippen LogP contribution in [0.1, 0.15) is 11.1 Å². The molecule has 6 nitrogen and oxygen atoms in total. The number of sulfone groups is 1. The van der Waals surface area contributed by atoms with Gasteiger partial charge in [-0.05, 0) is 35.7 Å². The molecule has 0 aromatic heterocycles. The summed E-state index contributed by atoms with van der Waals surface area (Å²) in [5.74, 6) is 1.61. The van der Waals surface area contributed by atoms with Crippen molar-refractivity contribution in [2.24, 2.45) is 4.99 Å². The molecule has 2 N–H and O–H groups in total. The molecule has 0 fully saturated rings. The van der Waals surface area contributed by atoms with Gasteiger partial charge < -0.3 is 15.4 Å². The zero-order chi connectivity index (χ0) is 19.1. The molecule has 0 radical (unpaired) electrons. The summed E-state index contributed by atoms with van der Waals surface area (Å²) >= 11 is 0. The molecule has 0 aliphatic carbocycles. The Morgan fingerprint density at radius 1 is 1.11 bits per heavy atom. The molecule has 2 aromatic carbocycles. The Morgan fingerprint density at radius 3 is 2.67 bits per heavy atom. The van der Waals surface area contributed by atoms with Crippen LogP contribution in [0.25, 0.3) is 0 Å². The van der Waals surface area contributed by atoms with Crippen LogP contribution in [-0.2, 0) is 22.7 Å². The van der Waals surface area contributed by atoms with E-state index in [1.807, 2.05) is 6.07 Å². The van der Waals surface area contributed by atoms with E-state index < -0.39 is 9.84 Å². The lowest BCUT2D eigenvalue weighted by molar-refractivity contribution is 0.357. The van der Waals surface area contributed by atoms with Gasteiger partial charge in [0.25, 0.3) is 0 Å². The number of nitrogens with one attached hydrogen (secondary N) is 2. The average Bonchev–Trinajstić information content (AvgIpc) is 3.15. The normalized spacial score (nSPS) is 13.7. The maximum atomic E-state index is 12.3. The number of benzene rings is 2. The highest BCUT2D eigenvalue weighted by atomic mass is 32.2. The summed E-state index contributed by atoms with van der Waals surface area (Å²) in [5, 5.41) is 6.29. The molecule has 1 heterocycles. The maximum Gasteiger partial charge on any atom is 0.191 e. The molecule has 0 saturated heterocycles. The smallest absolute Gasteiger partial charge is 0.191 e. The second-order valence-corrected chi connectivity index (χ2v) is 8.46. The summed E-state index contributed by atoms with van der Waals surface area (Å²) in [6.45, 7) is 1.78. The van der Waals surface area contributed by atoms with E-state index in [1.54, 1.807) is 37.4 Å². The minimum atomic E-state index is -3.29. The van der Waals surface area contributed by atoms with Crippen molar-refractivity contribution in [3.8, 4) is 5.75 Å². The first-order chi connectivity index (χ1) is 13.1. The van der Waals surface area contributed by atoms with E-state index in [0.29, 0.717) is 23.9 Å². The highest BCUT2D eigenvalue weighted by Gasteiger charge is 2.14. The van der Waals surface area contributed by atoms with Gasteiger partial charge in [-0.15, -0.1) is 0 Å². The molecule has 1 aliphatic rings. The Balaban J connectivity index is 1.43. The fourth-order valence-electron chi connectivity index (χ4n) is 2.99. The quantitative estimate of drug-likeness (QED) is 0.559. The van der Waals surface area contributed by atoms with E-state index in [0.717, 1.165) is 25.2 Å². The second kappa shape index (κ2) is 8.90. The van der Waals surface area contributed by atoms with Gasteiger partial charge in [0.1, 0.15) is 5.75 Å². The van der Waals surface area contributed by atoms with E-state index in [-0.39, 0.29) is 5.75 Å². The first-order valence-electron chi connectivity index (χ1n) is 9.05. The fourth-order valence-corrected chi connectivity index (χ4v) is 4.17. The summed E-state index contributed by atoms with van der Waals surface area (Å²) in [4.78, 5) is 4.49. The minimum absolute atomic E-state index is 0.0164. The first kappa shape index (κ1) is 19.2. The molecule has 3 rings (SSSR count). The minimum Gasteiger partial charge on any atom is -0.493 e. The monoisotopic (exact) mass is 387 g/mol. The van der Waals surface area contributed by atoms with Crippen molar-refractivity contribution in [1.82, 2.24) is 10.6 Å². The van der Waals surface area contributed by atoms with Crippen LogP contribution in [0.15, 0.2) is 58.4 Å². The highest BCUT2D eigenvalue weighted by Crippen LogP contribution is 2.25. The lowest BCUT2D eigenvalue weighted by atomic mass is 10.1. The molecule has 1 aliphatic heterocycles.